The Morgan fingerprint density at radius 3 is 2.77 bits per heavy atom. The third-order valence-electron chi connectivity index (χ3n) is 4.87. The van der Waals surface area contributed by atoms with Gasteiger partial charge in [0.15, 0.2) is 0 Å². The van der Waals surface area contributed by atoms with E-state index in [1.165, 1.54) is 5.69 Å². The minimum Gasteiger partial charge on any atom is -0.465 e. The summed E-state index contributed by atoms with van der Waals surface area (Å²) in [5.74, 6) is -0.513. The van der Waals surface area contributed by atoms with Crippen LogP contribution < -0.4 is 10.2 Å². The van der Waals surface area contributed by atoms with E-state index in [1.807, 2.05) is 12.3 Å². The summed E-state index contributed by atoms with van der Waals surface area (Å²) in [6.45, 7) is 5.71. The van der Waals surface area contributed by atoms with Gasteiger partial charge in [-0.3, -0.25) is 14.6 Å². The number of piperidine rings is 1. The van der Waals surface area contributed by atoms with Crippen molar-refractivity contribution in [3.63, 3.8) is 0 Å². The molecule has 1 fully saturated rings. The molecule has 2 aromatic rings. The number of ether oxygens (including phenoxy) is 1. The van der Waals surface area contributed by atoms with Crippen LogP contribution in [0.25, 0.3) is 10.9 Å². The number of esters is 1. The molecule has 6 nitrogen and oxygen atoms in total. The van der Waals surface area contributed by atoms with Crippen LogP contribution in [0.4, 0.5) is 5.69 Å². The predicted molar refractivity (Wildman–Crippen MR) is 101 cm³/mol. The molecule has 1 N–H and O–H groups in total. The van der Waals surface area contributed by atoms with Crippen molar-refractivity contribution in [3.8, 4) is 0 Å². The zero-order valence-corrected chi connectivity index (χ0v) is 15.3. The Hall–Kier alpha value is -2.63. The molecule has 0 saturated carbocycles. The van der Waals surface area contributed by atoms with Crippen LogP contribution in [0.3, 0.4) is 0 Å². The number of fused-ring (bicyclic) bond motifs is 1. The number of pyridine rings is 1. The van der Waals surface area contributed by atoms with Crippen LogP contribution in [0, 0.1) is 12.8 Å². The number of amides is 1. The van der Waals surface area contributed by atoms with E-state index in [9.17, 15) is 9.59 Å². The lowest BCUT2D eigenvalue weighted by molar-refractivity contribution is -0.143. The van der Waals surface area contributed by atoms with Crippen LogP contribution in [0.5, 0.6) is 0 Å². The van der Waals surface area contributed by atoms with E-state index in [2.05, 4.69) is 40.3 Å². The van der Waals surface area contributed by atoms with Crippen molar-refractivity contribution < 1.29 is 14.3 Å². The number of hydrogen-bond donors (Lipinski definition) is 1. The van der Waals surface area contributed by atoms with Gasteiger partial charge >= 0.3 is 5.97 Å². The molecule has 1 aromatic heterocycles. The molecule has 138 valence electrons. The Morgan fingerprint density at radius 1 is 1.27 bits per heavy atom. The standard InChI is InChI=1S/C20H25N3O3/c1-3-26-18(24)13-22-20(25)15-8-11-23(12-9-15)17-7-10-21-19-14(2)5-4-6-16(17)19/h4-7,10,15H,3,8-9,11-13H2,1-2H3,(H,22,25). The smallest absolute Gasteiger partial charge is 0.325 e. The second kappa shape index (κ2) is 8.17. The highest BCUT2D eigenvalue weighted by Gasteiger charge is 2.26. The normalized spacial score (nSPS) is 15.1. The number of nitrogens with zero attached hydrogens (tertiary/aromatic N) is 2. The van der Waals surface area contributed by atoms with E-state index >= 15 is 0 Å². The van der Waals surface area contributed by atoms with Crippen molar-refractivity contribution in [2.24, 2.45) is 5.92 Å². The number of nitrogens with one attached hydrogen (secondary N) is 1. The van der Waals surface area contributed by atoms with E-state index in [1.54, 1.807) is 6.92 Å². The number of aryl methyl sites for hydroxylation is 1. The van der Waals surface area contributed by atoms with E-state index in [0.29, 0.717) is 6.61 Å². The molecule has 1 amide bonds. The minimum absolute atomic E-state index is 0.0544. The van der Waals surface area contributed by atoms with E-state index < -0.39 is 5.97 Å². The van der Waals surface area contributed by atoms with Crippen molar-refractivity contribution >= 4 is 28.5 Å². The first-order valence-electron chi connectivity index (χ1n) is 9.12. The largest absolute Gasteiger partial charge is 0.465 e. The minimum atomic E-state index is -0.392. The van der Waals surface area contributed by atoms with E-state index in [-0.39, 0.29) is 18.4 Å². The second-order valence-corrected chi connectivity index (χ2v) is 6.59. The van der Waals surface area contributed by atoms with Crippen molar-refractivity contribution in [1.29, 1.82) is 0 Å². The van der Waals surface area contributed by atoms with Crippen molar-refractivity contribution in [1.82, 2.24) is 10.3 Å². The van der Waals surface area contributed by atoms with Gasteiger partial charge in [0.2, 0.25) is 5.91 Å². The van der Waals surface area contributed by atoms with Crippen molar-refractivity contribution in [3.05, 3.63) is 36.0 Å². The maximum Gasteiger partial charge on any atom is 0.325 e. The lowest BCUT2D eigenvalue weighted by Crippen LogP contribution is -2.42. The van der Waals surface area contributed by atoms with Gasteiger partial charge < -0.3 is 15.0 Å². The summed E-state index contributed by atoms with van der Waals surface area (Å²) in [6.07, 6.45) is 3.39. The summed E-state index contributed by atoms with van der Waals surface area (Å²) >= 11 is 0. The van der Waals surface area contributed by atoms with E-state index in [0.717, 1.165) is 42.4 Å². The van der Waals surface area contributed by atoms with Crippen molar-refractivity contribution in [2.75, 3.05) is 31.1 Å². The molecular weight excluding hydrogens is 330 g/mol. The molecule has 0 radical (unpaired) electrons. The quantitative estimate of drug-likeness (QED) is 0.834. The van der Waals surface area contributed by atoms with Gasteiger partial charge in [-0.25, -0.2) is 0 Å². The Bertz CT molecular complexity index is 798. The predicted octanol–water partition coefficient (Wildman–Crippen LogP) is 2.44. The van der Waals surface area contributed by atoms with Gasteiger partial charge in [-0.2, -0.15) is 0 Å². The first-order chi connectivity index (χ1) is 12.6. The van der Waals surface area contributed by atoms with E-state index in [4.69, 9.17) is 4.74 Å². The number of anilines is 1. The van der Waals surface area contributed by atoms with Gasteiger partial charge in [-0.1, -0.05) is 18.2 Å². The zero-order valence-electron chi connectivity index (χ0n) is 15.3. The molecule has 26 heavy (non-hydrogen) atoms. The number of aromatic nitrogens is 1. The second-order valence-electron chi connectivity index (χ2n) is 6.59. The average molecular weight is 355 g/mol. The molecule has 1 aromatic carbocycles. The summed E-state index contributed by atoms with van der Waals surface area (Å²) in [7, 11) is 0. The van der Waals surface area contributed by atoms with Crippen LogP contribution in [-0.2, 0) is 14.3 Å². The highest BCUT2D eigenvalue weighted by molar-refractivity contribution is 5.93. The number of para-hydroxylation sites is 1. The van der Waals surface area contributed by atoms with Gasteiger partial charge in [0, 0.05) is 36.3 Å². The number of carbonyl (C=O) groups is 2. The van der Waals surface area contributed by atoms with Gasteiger partial charge in [0.05, 0.1) is 12.1 Å². The van der Waals surface area contributed by atoms with Crippen molar-refractivity contribution in [2.45, 2.75) is 26.7 Å². The maximum atomic E-state index is 12.3. The summed E-state index contributed by atoms with van der Waals surface area (Å²) in [6, 6.07) is 8.27. The Balaban J connectivity index is 1.61. The summed E-state index contributed by atoms with van der Waals surface area (Å²) in [4.78, 5) is 30.4. The monoisotopic (exact) mass is 355 g/mol. The maximum absolute atomic E-state index is 12.3. The highest BCUT2D eigenvalue weighted by atomic mass is 16.5. The number of carbonyl (C=O) groups excluding carboxylic acids is 2. The fourth-order valence-corrected chi connectivity index (χ4v) is 3.48. The first-order valence-corrected chi connectivity index (χ1v) is 9.12. The molecular formula is C20H25N3O3. The number of hydrogen-bond acceptors (Lipinski definition) is 5. The summed E-state index contributed by atoms with van der Waals surface area (Å²) in [5.41, 5.74) is 3.36. The fourth-order valence-electron chi connectivity index (χ4n) is 3.48. The van der Waals surface area contributed by atoms with Gasteiger partial charge in [0.1, 0.15) is 6.54 Å². The highest BCUT2D eigenvalue weighted by Crippen LogP contribution is 2.30. The van der Waals surface area contributed by atoms with Gasteiger partial charge in [0.25, 0.3) is 0 Å². The molecule has 6 heteroatoms. The third kappa shape index (κ3) is 3.95. The summed E-state index contributed by atoms with van der Waals surface area (Å²) in [5, 5.41) is 3.84. The fraction of sp³-hybridized carbons (Fsp3) is 0.450. The zero-order chi connectivity index (χ0) is 18.5. The lowest BCUT2D eigenvalue weighted by atomic mass is 9.95. The number of benzene rings is 1. The third-order valence-corrected chi connectivity index (χ3v) is 4.87. The molecule has 0 atom stereocenters. The number of rotatable bonds is 5. The molecule has 1 saturated heterocycles. The Labute approximate surface area is 153 Å². The Morgan fingerprint density at radius 2 is 2.04 bits per heavy atom. The molecule has 0 aliphatic carbocycles. The molecule has 0 spiro atoms. The molecule has 0 unspecified atom stereocenters. The van der Waals surface area contributed by atoms with Crippen LogP contribution in [0.1, 0.15) is 25.3 Å². The van der Waals surface area contributed by atoms with Gasteiger partial charge in [-0.15, -0.1) is 0 Å². The molecule has 2 heterocycles. The molecule has 0 bridgehead atoms. The lowest BCUT2D eigenvalue weighted by Gasteiger charge is -2.33. The Kier molecular flexibility index (Phi) is 5.71. The van der Waals surface area contributed by atoms with Crippen LogP contribution in [-0.4, -0.2) is 43.1 Å². The summed E-state index contributed by atoms with van der Waals surface area (Å²) < 4.78 is 4.84. The molecule has 1 aliphatic heterocycles. The van der Waals surface area contributed by atoms with Crippen LogP contribution in [0.15, 0.2) is 30.5 Å². The molecule has 1 aliphatic rings. The van der Waals surface area contributed by atoms with Crippen LogP contribution >= 0.6 is 0 Å². The van der Waals surface area contributed by atoms with Gasteiger partial charge in [-0.05, 0) is 38.3 Å². The SMILES string of the molecule is CCOC(=O)CNC(=O)C1CCN(c2ccnc3c(C)cccc23)CC1. The first kappa shape index (κ1) is 18.2. The topological polar surface area (TPSA) is 71.5 Å². The average Bonchev–Trinajstić information content (AvgIpc) is 2.66. The van der Waals surface area contributed by atoms with Crippen LogP contribution in [0.2, 0.25) is 0 Å². The molecule has 3 rings (SSSR count).